The third-order valence-electron chi connectivity index (χ3n) is 2.97. The minimum absolute atomic E-state index is 0.303. The van der Waals surface area contributed by atoms with Gasteiger partial charge in [-0.25, -0.2) is 0 Å². The van der Waals surface area contributed by atoms with Gasteiger partial charge in [-0.15, -0.1) is 0 Å². The van der Waals surface area contributed by atoms with Gasteiger partial charge in [-0.2, -0.15) is 8.78 Å². The standard InChI is InChI=1S/C13H14BrF2NOS/c14-10-6-2-3-7-11(10)19-13(15,16)12(18)17-8-4-1-5-9-17/h2-3,6-7H,1,4-5,8-9H2. The summed E-state index contributed by atoms with van der Waals surface area (Å²) in [7, 11) is 0. The van der Waals surface area contributed by atoms with Crippen molar-refractivity contribution in [2.75, 3.05) is 13.1 Å². The van der Waals surface area contributed by atoms with Crippen LogP contribution in [0.25, 0.3) is 0 Å². The number of thioether (sulfide) groups is 1. The number of hydrogen-bond donors (Lipinski definition) is 0. The number of rotatable bonds is 3. The van der Waals surface area contributed by atoms with E-state index in [2.05, 4.69) is 15.9 Å². The predicted molar refractivity (Wildman–Crippen MR) is 75.4 cm³/mol. The van der Waals surface area contributed by atoms with Crippen molar-refractivity contribution < 1.29 is 13.6 Å². The molecule has 0 aliphatic carbocycles. The highest BCUT2D eigenvalue weighted by molar-refractivity contribution is 9.10. The molecule has 0 atom stereocenters. The van der Waals surface area contributed by atoms with Crippen molar-refractivity contribution in [1.29, 1.82) is 0 Å². The summed E-state index contributed by atoms with van der Waals surface area (Å²) in [5.41, 5.74) is 0. The normalized spacial score (nSPS) is 16.5. The van der Waals surface area contributed by atoms with Gasteiger partial charge in [0, 0.05) is 22.5 Å². The van der Waals surface area contributed by atoms with Crippen molar-refractivity contribution in [1.82, 2.24) is 4.90 Å². The average molecular weight is 350 g/mol. The SMILES string of the molecule is O=C(N1CCCCC1)C(F)(F)Sc1ccccc1Br. The molecule has 0 bridgehead atoms. The van der Waals surface area contributed by atoms with Crippen LogP contribution in [-0.4, -0.2) is 29.2 Å². The van der Waals surface area contributed by atoms with Gasteiger partial charge in [-0.05, 0) is 59.1 Å². The lowest BCUT2D eigenvalue weighted by Crippen LogP contribution is -2.44. The Bertz CT molecular complexity index is 464. The molecule has 1 amide bonds. The van der Waals surface area contributed by atoms with Crippen molar-refractivity contribution in [3.8, 4) is 0 Å². The van der Waals surface area contributed by atoms with Crippen LogP contribution in [0.1, 0.15) is 19.3 Å². The molecular weight excluding hydrogens is 336 g/mol. The molecule has 0 saturated carbocycles. The highest BCUT2D eigenvalue weighted by Crippen LogP contribution is 2.40. The Morgan fingerprint density at radius 1 is 1.21 bits per heavy atom. The van der Waals surface area contributed by atoms with E-state index in [1.165, 1.54) is 4.90 Å². The van der Waals surface area contributed by atoms with Crippen LogP contribution in [0.2, 0.25) is 0 Å². The summed E-state index contributed by atoms with van der Waals surface area (Å²) < 4.78 is 28.6. The Kier molecular flexibility index (Phi) is 4.84. The first-order chi connectivity index (χ1) is 9.00. The second-order valence-corrected chi connectivity index (χ2v) is 6.41. The Balaban J connectivity index is 2.08. The zero-order chi connectivity index (χ0) is 13.9. The van der Waals surface area contributed by atoms with Crippen molar-refractivity contribution in [3.63, 3.8) is 0 Å². The van der Waals surface area contributed by atoms with Crippen LogP contribution in [0, 0.1) is 0 Å². The first-order valence-electron chi connectivity index (χ1n) is 6.11. The van der Waals surface area contributed by atoms with Gasteiger partial charge in [-0.3, -0.25) is 4.79 Å². The number of amides is 1. The molecule has 1 aliphatic heterocycles. The van der Waals surface area contributed by atoms with Crippen LogP contribution in [0.5, 0.6) is 0 Å². The van der Waals surface area contributed by atoms with Crippen LogP contribution in [0.15, 0.2) is 33.6 Å². The first kappa shape index (κ1) is 14.8. The van der Waals surface area contributed by atoms with Gasteiger partial charge in [0.2, 0.25) is 0 Å². The van der Waals surface area contributed by atoms with E-state index >= 15 is 0 Å². The van der Waals surface area contributed by atoms with E-state index in [4.69, 9.17) is 0 Å². The smallest absolute Gasteiger partial charge is 0.337 e. The molecule has 0 spiro atoms. The van der Waals surface area contributed by atoms with Crippen LogP contribution in [-0.2, 0) is 4.79 Å². The molecule has 104 valence electrons. The summed E-state index contributed by atoms with van der Waals surface area (Å²) in [6.07, 6.45) is 2.62. The van der Waals surface area contributed by atoms with E-state index in [0.717, 1.165) is 19.3 Å². The fraction of sp³-hybridized carbons (Fsp3) is 0.462. The maximum atomic E-state index is 14.0. The quantitative estimate of drug-likeness (QED) is 0.764. The highest BCUT2D eigenvalue weighted by Gasteiger charge is 2.43. The molecule has 2 nitrogen and oxygen atoms in total. The maximum absolute atomic E-state index is 14.0. The van der Waals surface area contributed by atoms with E-state index in [1.54, 1.807) is 24.3 Å². The first-order valence-corrected chi connectivity index (χ1v) is 7.72. The molecule has 1 heterocycles. The fourth-order valence-electron chi connectivity index (χ4n) is 1.99. The van der Waals surface area contributed by atoms with E-state index < -0.39 is 11.2 Å². The lowest BCUT2D eigenvalue weighted by Gasteiger charge is -2.29. The maximum Gasteiger partial charge on any atom is 0.375 e. The average Bonchev–Trinajstić information content (AvgIpc) is 2.41. The van der Waals surface area contributed by atoms with E-state index in [0.29, 0.717) is 34.2 Å². The lowest BCUT2D eigenvalue weighted by atomic mass is 10.1. The molecule has 0 N–H and O–H groups in total. The lowest BCUT2D eigenvalue weighted by molar-refractivity contribution is -0.147. The zero-order valence-corrected chi connectivity index (χ0v) is 12.6. The summed E-state index contributed by atoms with van der Waals surface area (Å²) in [4.78, 5) is 13.5. The van der Waals surface area contributed by atoms with Crippen molar-refractivity contribution in [3.05, 3.63) is 28.7 Å². The van der Waals surface area contributed by atoms with E-state index in [9.17, 15) is 13.6 Å². The summed E-state index contributed by atoms with van der Waals surface area (Å²) in [5.74, 6) is -1.08. The number of likely N-dealkylation sites (tertiary alicyclic amines) is 1. The van der Waals surface area contributed by atoms with Crippen LogP contribution in [0.3, 0.4) is 0 Å². The van der Waals surface area contributed by atoms with Gasteiger partial charge in [0.1, 0.15) is 0 Å². The van der Waals surface area contributed by atoms with Gasteiger partial charge in [-0.1, -0.05) is 12.1 Å². The van der Waals surface area contributed by atoms with Gasteiger partial charge in [0.15, 0.2) is 0 Å². The van der Waals surface area contributed by atoms with Gasteiger partial charge in [0.05, 0.1) is 0 Å². The molecule has 6 heteroatoms. The zero-order valence-electron chi connectivity index (χ0n) is 10.2. The summed E-state index contributed by atoms with van der Waals surface area (Å²) in [5, 5.41) is -3.42. The van der Waals surface area contributed by atoms with Gasteiger partial charge >= 0.3 is 11.2 Å². The number of hydrogen-bond acceptors (Lipinski definition) is 2. The molecule has 1 aliphatic rings. The molecule has 0 unspecified atom stereocenters. The molecule has 2 rings (SSSR count). The Labute approximate surface area is 123 Å². The molecular formula is C13H14BrF2NOS. The molecule has 0 radical (unpaired) electrons. The summed E-state index contributed by atoms with van der Waals surface area (Å²) >= 11 is 3.52. The molecule has 19 heavy (non-hydrogen) atoms. The largest absolute Gasteiger partial charge is 0.375 e. The summed E-state index contributed by atoms with van der Waals surface area (Å²) in [6, 6.07) is 6.68. The summed E-state index contributed by atoms with van der Waals surface area (Å²) in [6.45, 7) is 0.871. The Hall–Kier alpha value is -0.620. The third-order valence-corrected chi connectivity index (χ3v) is 4.93. The molecule has 1 aromatic rings. The second-order valence-electron chi connectivity index (χ2n) is 4.40. The predicted octanol–water partition coefficient (Wildman–Crippen LogP) is 4.15. The number of benzene rings is 1. The molecule has 1 fully saturated rings. The minimum Gasteiger partial charge on any atom is -0.337 e. The van der Waals surface area contributed by atoms with E-state index in [-0.39, 0.29) is 0 Å². The van der Waals surface area contributed by atoms with Gasteiger partial charge in [0.25, 0.3) is 0 Å². The number of piperidine rings is 1. The van der Waals surface area contributed by atoms with Gasteiger partial charge < -0.3 is 4.90 Å². The Morgan fingerprint density at radius 3 is 2.47 bits per heavy atom. The van der Waals surface area contributed by atoms with Crippen LogP contribution < -0.4 is 0 Å². The monoisotopic (exact) mass is 349 g/mol. The molecule has 0 aromatic heterocycles. The number of carbonyl (C=O) groups excluding carboxylic acids is 1. The second kappa shape index (κ2) is 6.22. The number of nitrogens with zero attached hydrogens (tertiary/aromatic N) is 1. The van der Waals surface area contributed by atoms with Crippen molar-refractivity contribution in [2.45, 2.75) is 29.4 Å². The molecule has 1 aromatic carbocycles. The fourth-order valence-corrected chi connectivity index (χ4v) is 3.32. The van der Waals surface area contributed by atoms with E-state index in [1.807, 2.05) is 0 Å². The topological polar surface area (TPSA) is 20.3 Å². The van der Waals surface area contributed by atoms with Crippen LogP contribution >= 0.6 is 27.7 Å². The van der Waals surface area contributed by atoms with Crippen LogP contribution in [0.4, 0.5) is 8.78 Å². The third kappa shape index (κ3) is 3.69. The molecule has 1 saturated heterocycles. The highest BCUT2D eigenvalue weighted by atomic mass is 79.9. The number of carbonyl (C=O) groups is 1. The minimum atomic E-state index is -3.42. The number of alkyl halides is 2. The number of halogens is 3. The van der Waals surface area contributed by atoms with Crippen molar-refractivity contribution >= 4 is 33.6 Å². The Morgan fingerprint density at radius 2 is 1.84 bits per heavy atom. The van der Waals surface area contributed by atoms with Crippen molar-refractivity contribution in [2.24, 2.45) is 0 Å².